The largest absolute Gasteiger partial charge is 0.323 e. The number of rotatable bonds is 7. The number of amides is 1. The van der Waals surface area contributed by atoms with Crippen LogP contribution in [0.4, 0.5) is 5.69 Å². The Morgan fingerprint density at radius 2 is 2.12 bits per heavy atom. The van der Waals surface area contributed by atoms with Crippen LogP contribution >= 0.6 is 0 Å². The van der Waals surface area contributed by atoms with Crippen LogP contribution in [0.1, 0.15) is 37.3 Å². The molecule has 128 valence electrons. The highest BCUT2D eigenvalue weighted by molar-refractivity contribution is 5.96. The van der Waals surface area contributed by atoms with Crippen molar-refractivity contribution < 1.29 is 4.79 Å². The lowest BCUT2D eigenvalue weighted by molar-refractivity contribution is -0.117. The molecule has 1 N–H and O–H groups in total. The molecule has 0 radical (unpaired) electrons. The number of carbonyl (C=O) groups is 1. The van der Waals surface area contributed by atoms with Crippen molar-refractivity contribution in [3.05, 3.63) is 47.8 Å². The second kappa shape index (κ2) is 7.62. The van der Waals surface area contributed by atoms with Gasteiger partial charge in [-0.1, -0.05) is 38.1 Å². The van der Waals surface area contributed by atoms with Crippen molar-refractivity contribution in [3.63, 3.8) is 0 Å². The number of likely N-dealkylation sites (N-methyl/N-ethyl adjacent to an activating group) is 1. The quantitative estimate of drug-likeness (QED) is 0.851. The minimum Gasteiger partial charge on any atom is -0.323 e. The minimum absolute atomic E-state index is 0.0415. The smallest absolute Gasteiger partial charge is 0.232 e. The predicted octanol–water partition coefficient (Wildman–Crippen LogP) is 2.89. The maximum atomic E-state index is 12.6. The zero-order valence-electron chi connectivity index (χ0n) is 14.5. The van der Waals surface area contributed by atoms with E-state index in [9.17, 15) is 4.79 Å². The lowest BCUT2D eigenvalue weighted by atomic mass is 10.0. The molecule has 0 fully saturated rings. The molecule has 0 saturated carbocycles. The number of nitrogens with zero attached hydrogens (tertiary/aromatic N) is 3. The molecule has 0 aliphatic heterocycles. The van der Waals surface area contributed by atoms with Gasteiger partial charge in [0, 0.05) is 12.7 Å². The molecule has 24 heavy (non-hydrogen) atoms. The third-order valence-electron chi connectivity index (χ3n) is 4.89. The van der Waals surface area contributed by atoms with Crippen LogP contribution in [-0.4, -0.2) is 40.2 Å². The number of benzene rings is 1. The van der Waals surface area contributed by atoms with E-state index >= 15 is 0 Å². The summed E-state index contributed by atoms with van der Waals surface area (Å²) in [6, 6.07) is 8.24. The Morgan fingerprint density at radius 3 is 2.92 bits per heavy atom. The average Bonchev–Trinajstić information content (AvgIpc) is 3.22. The Morgan fingerprint density at radius 1 is 1.33 bits per heavy atom. The molecule has 1 aromatic heterocycles. The van der Waals surface area contributed by atoms with Crippen molar-refractivity contribution >= 4 is 11.6 Å². The van der Waals surface area contributed by atoms with Gasteiger partial charge in [0.1, 0.15) is 0 Å². The van der Waals surface area contributed by atoms with Gasteiger partial charge >= 0.3 is 0 Å². The average molecular weight is 326 g/mol. The standard InChI is InChI=1S/C19H26N4O/c1-3-22(4-2)11-12-23-14-16(13-20-23)21-19(24)18-10-9-15-7-5-6-8-17(15)18/h5-8,13-14,18H,3-4,9-12H2,1-2H3,(H,21,24). The maximum Gasteiger partial charge on any atom is 0.232 e. The van der Waals surface area contributed by atoms with Gasteiger partial charge in [-0.25, -0.2) is 0 Å². The Hall–Kier alpha value is -2.14. The summed E-state index contributed by atoms with van der Waals surface area (Å²) in [4.78, 5) is 14.9. The van der Waals surface area contributed by atoms with Gasteiger partial charge in [-0.3, -0.25) is 9.48 Å². The van der Waals surface area contributed by atoms with E-state index in [1.54, 1.807) is 6.20 Å². The van der Waals surface area contributed by atoms with Crippen LogP contribution in [-0.2, 0) is 17.8 Å². The van der Waals surface area contributed by atoms with Crippen LogP contribution in [0.5, 0.6) is 0 Å². The number of hydrogen-bond donors (Lipinski definition) is 1. The molecule has 0 saturated heterocycles. The molecule has 1 aromatic carbocycles. The SMILES string of the molecule is CCN(CC)CCn1cc(NC(=O)C2CCc3ccccc32)cn1. The molecule has 0 spiro atoms. The van der Waals surface area contributed by atoms with Crippen molar-refractivity contribution in [2.24, 2.45) is 0 Å². The summed E-state index contributed by atoms with van der Waals surface area (Å²) < 4.78 is 1.90. The predicted molar refractivity (Wildman–Crippen MR) is 96.1 cm³/mol. The molecule has 1 aliphatic rings. The molecule has 5 heteroatoms. The van der Waals surface area contributed by atoms with Crippen molar-refractivity contribution in [2.45, 2.75) is 39.2 Å². The number of carbonyl (C=O) groups excluding carboxylic acids is 1. The van der Waals surface area contributed by atoms with E-state index in [1.165, 1.54) is 11.1 Å². The summed E-state index contributed by atoms with van der Waals surface area (Å²) in [7, 11) is 0. The van der Waals surface area contributed by atoms with Crippen molar-refractivity contribution in [2.75, 3.05) is 25.0 Å². The zero-order valence-corrected chi connectivity index (χ0v) is 14.5. The Bertz CT molecular complexity index is 690. The number of anilines is 1. The fourth-order valence-corrected chi connectivity index (χ4v) is 3.39. The Labute approximate surface area is 143 Å². The number of fused-ring (bicyclic) bond motifs is 1. The van der Waals surface area contributed by atoms with Gasteiger partial charge in [0.15, 0.2) is 0 Å². The third kappa shape index (κ3) is 3.67. The molecule has 0 bridgehead atoms. The third-order valence-corrected chi connectivity index (χ3v) is 4.89. The Kier molecular flexibility index (Phi) is 5.30. The van der Waals surface area contributed by atoms with Crippen LogP contribution in [0.2, 0.25) is 0 Å². The van der Waals surface area contributed by atoms with Crippen molar-refractivity contribution in [1.82, 2.24) is 14.7 Å². The molecule has 2 aromatic rings. The summed E-state index contributed by atoms with van der Waals surface area (Å²) >= 11 is 0. The molecule has 3 rings (SSSR count). The van der Waals surface area contributed by atoms with Crippen LogP contribution in [0.3, 0.4) is 0 Å². The fourth-order valence-electron chi connectivity index (χ4n) is 3.39. The summed E-state index contributed by atoms with van der Waals surface area (Å²) in [5.41, 5.74) is 3.25. The van der Waals surface area contributed by atoms with Crippen LogP contribution < -0.4 is 5.32 Å². The molecule has 1 amide bonds. The molecule has 5 nitrogen and oxygen atoms in total. The first-order chi connectivity index (χ1) is 11.7. The first-order valence-electron chi connectivity index (χ1n) is 8.84. The molecular formula is C19H26N4O. The normalized spacial score (nSPS) is 16.4. The van der Waals surface area contributed by atoms with Crippen LogP contribution in [0.15, 0.2) is 36.7 Å². The van der Waals surface area contributed by atoms with E-state index in [0.29, 0.717) is 0 Å². The first kappa shape index (κ1) is 16.7. The number of aryl methyl sites for hydroxylation is 1. The van der Waals surface area contributed by atoms with E-state index in [1.807, 2.05) is 23.0 Å². The highest BCUT2D eigenvalue weighted by atomic mass is 16.1. The van der Waals surface area contributed by atoms with Gasteiger partial charge in [0.2, 0.25) is 5.91 Å². The number of hydrogen-bond acceptors (Lipinski definition) is 3. The van der Waals surface area contributed by atoms with Crippen molar-refractivity contribution in [1.29, 1.82) is 0 Å². The van der Waals surface area contributed by atoms with Gasteiger partial charge in [-0.2, -0.15) is 5.10 Å². The summed E-state index contributed by atoms with van der Waals surface area (Å²) in [6.45, 7) is 8.22. The first-order valence-corrected chi connectivity index (χ1v) is 8.84. The fraction of sp³-hybridized carbons (Fsp3) is 0.474. The second-order valence-corrected chi connectivity index (χ2v) is 6.30. The second-order valence-electron chi connectivity index (χ2n) is 6.30. The molecule has 1 atom stereocenters. The summed E-state index contributed by atoms with van der Waals surface area (Å²) in [5, 5.41) is 7.38. The van der Waals surface area contributed by atoms with Gasteiger partial charge in [0.05, 0.1) is 24.3 Å². The van der Waals surface area contributed by atoms with E-state index in [4.69, 9.17) is 0 Å². The van der Waals surface area contributed by atoms with E-state index in [-0.39, 0.29) is 11.8 Å². The Balaban J connectivity index is 1.58. The van der Waals surface area contributed by atoms with Crippen LogP contribution in [0, 0.1) is 0 Å². The highest BCUT2D eigenvalue weighted by Crippen LogP contribution is 2.33. The summed E-state index contributed by atoms with van der Waals surface area (Å²) in [6.07, 6.45) is 5.53. The van der Waals surface area contributed by atoms with Gasteiger partial charge in [-0.15, -0.1) is 0 Å². The van der Waals surface area contributed by atoms with Gasteiger partial charge < -0.3 is 10.2 Å². The van der Waals surface area contributed by atoms with E-state index in [2.05, 4.69) is 41.3 Å². The van der Waals surface area contributed by atoms with Gasteiger partial charge in [0.25, 0.3) is 0 Å². The van der Waals surface area contributed by atoms with Crippen LogP contribution in [0.25, 0.3) is 0 Å². The minimum atomic E-state index is -0.0415. The molecule has 1 unspecified atom stereocenters. The number of nitrogens with one attached hydrogen (secondary N) is 1. The highest BCUT2D eigenvalue weighted by Gasteiger charge is 2.28. The lowest BCUT2D eigenvalue weighted by Gasteiger charge is -2.17. The molecule has 1 aliphatic carbocycles. The topological polar surface area (TPSA) is 50.2 Å². The van der Waals surface area contributed by atoms with E-state index in [0.717, 1.165) is 44.7 Å². The number of aromatic nitrogens is 2. The monoisotopic (exact) mass is 326 g/mol. The van der Waals surface area contributed by atoms with E-state index < -0.39 is 0 Å². The molecular weight excluding hydrogens is 300 g/mol. The zero-order chi connectivity index (χ0) is 16.9. The lowest BCUT2D eigenvalue weighted by Crippen LogP contribution is -2.27. The molecule has 1 heterocycles. The van der Waals surface area contributed by atoms with Crippen molar-refractivity contribution in [3.8, 4) is 0 Å². The van der Waals surface area contributed by atoms with Gasteiger partial charge in [-0.05, 0) is 37.1 Å². The maximum absolute atomic E-state index is 12.6. The summed E-state index contributed by atoms with van der Waals surface area (Å²) in [5.74, 6) is 0.0310.